The molecule has 3 amide bonds. The Kier molecular flexibility index (Phi) is 3.90. The second kappa shape index (κ2) is 5.18. The SMILES string of the molecule is NC(=O)N(C=O)c1ccc(Cl)cc1/C=C/O. The number of anilines is 1. The number of urea groups is 1. The first kappa shape index (κ1) is 12.1. The number of amides is 3. The molecule has 0 spiro atoms. The highest BCUT2D eigenvalue weighted by Crippen LogP contribution is 2.24. The van der Waals surface area contributed by atoms with Gasteiger partial charge in [-0.2, -0.15) is 0 Å². The van der Waals surface area contributed by atoms with E-state index in [0.29, 0.717) is 21.9 Å². The molecule has 0 aliphatic rings. The van der Waals surface area contributed by atoms with Crippen LogP contribution in [-0.2, 0) is 4.79 Å². The molecule has 84 valence electrons. The second-order valence-electron chi connectivity index (χ2n) is 2.83. The number of hydrogen-bond donors (Lipinski definition) is 2. The Hall–Kier alpha value is -2.01. The summed E-state index contributed by atoms with van der Waals surface area (Å²) in [6.07, 6.45) is 2.36. The first-order valence-electron chi connectivity index (χ1n) is 4.24. The number of carbonyl (C=O) groups excluding carboxylic acids is 2. The summed E-state index contributed by atoms with van der Waals surface area (Å²) in [5, 5.41) is 9.09. The average Bonchev–Trinajstić information content (AvgIpc) is 2.22. The van der Waals surface area contributed by atoms with Crippen LogP contribution in [0, 0.1) is 0 Å². The van der Waals surface area contributed by atoms with Crippen molar-refractivity contribution in [3.05, 3.63) is 35.0 Å². The molecule has 1 aromatic rings. The van der Waals surface area contributed by atoms with Gasteiger partial charge in [-0.3, -0.25) is 4.79 Å². The Morgan fingerprint density at radius 1 is 1.50 bits per heavy atom. The summed E-state index contributed by atoms with van der Waals surface area (Å²) in [5.74, 6) is 0. The van der Waals surface area contributed by atoms with Crippen LogP contribution in [0.2, 0.25) is 5.02 Å². The molecule has 1 aromatic carbocycles. The normalized spacial score (nSPS) is 10.3. The number of aliphatic hydroxyl groups excluding tert-OH is 1. The molecule has 5 nitrogen and oxygen atoms in total. The van der Waals surface area contributed by atoms with Gasteiger partial charge in [-0.25, -0.2) is 9.69 Å². The number of carbonyl (C=O) groups is 2. The summed E-state index contributed by atoms with van der Waals surface area (Å²) in [5.41, 5.74) is 5.67. The van der Waals surface area contributed by atoms with E-state index in [9.17, 15) is 9.59 Å². The van der Waals surface area contributed by atoms with E-state index in [1.54, 1.807) is 0 Å². The molecule has 0 heterocycles. The third kappa shape index (κ3) is 2.52. The van der Waals surface area contributed by atoms with Gasteiger partial charge in [0.15, 0.2) is 0 Å². The van der Waals surface area contributed by atoms with Crippen molar-refractivity contribution in [1.29, 1.82) is 0 Å². The first-order chi connectivity index (χ1) is 7.60. The van der Waals surface area contributed by atoms with Gasteiger partial charge >= 0.3 is 6.03 Å². The molecule has 0 saturated carbocycles. The van der Waals surface area contributed by atoms with E-state index >= 15 is 0 Å². The maximum Gasteiger partial charge on any atom is 0.325 e. The van der Waals surface area contributed by atoms with Crippen LogP contribution in [0.4, 0.5) is 10.5 Å². The molecule has 0 bridgehead atoms. The van der Waals surface area contributed by atoms with Crippen molar-refractivity contribution in [3.8, 4) is 0 Å². The van der Waals surface area contributed by atoms with Crippen LogP contribution >= 0.6 is 11.6 Å². The van der Waals surface area contributed by atoms with Gasteiger partial charge in [0.2, 0.25) is 6.41 Å². The molecular weight excluding hydrogens is 232 g/mol. The number of benzene rings is 1. The Balaban J connectivity index is 3.30. The maximum absolute atomic E-state index is 11.0. The quantitative estimate of drug-likeness (QED) is 0.625. The largest absolute Gasteiger partial charge is 0.516 e. The van der Waals surface area contributed by atoms with E-state index in [-0.39, 0.29) is 5.69 Å². The fourth-order valence-electron chi connectivity index (χ4n) is 1.19. The molecule has 16 heavy (non-hydrogen) atoms. The Labute approximate surface area is 96.7 Å². The van der Waals surface area contributed by atoms with E-state index in [2.05, 4.69) is 0 Å². The highest BCUT2D eigenvalue weighted by molar-refractivity contribution is 6.31. The van der Waals surface area contributed by atoms with Crippen molar-refractivity contribution in [2.24, 2.45) is 5.73 Å². The van der Waals surface area contributed by atoms with Crippen molar-refractivity contribution in [1.82, 2.24) is 0 Å². The van der Waals surface area contributed by atoms with Crippen LogP contribution in [0.5, 0.6) is 0 Å². The van der Waals surface area contributed by atoms with Crippen molar-refractivity contribution >= 4 is 35.8 Å². The third-order valence-electron chi connectivity index (χ3n) is 1.85. The van der Waals surface area contributed by atoms with E-state index in [1.165, 1.54) is 24.3 Å². The molecule has 0 unspecified atom stereocenters. The van der Waals surface area contributed by atoms with Crippen molar-refractivity contribution < 1.29 is 14.7 Å². The summed E-state index contributed by atoms with van der Waals surface area (Å²) >= 11 is 5.74. The summed E-state index contributed by atoms with van der Waals surface area (Å²) in [6.45, 7) is 0. The summed E-state index contributed by atoms with van der Waals surface area (Å²) in [6, 6.07) is 3.54. The minimum Gasteiger partial charge on any atom is -0.516 e. The number of aliphatic hydroxyl groups is 1. The predicted molar refractivity (Wildman–Crippen MR) is 61.2 cm³/mol. The van der Waals surface area contributed by atoms with E-state index in [0.717, 1.165) is 6.26 Å². The molecule has 0 radical (unpaired) electrons. The molecule has 0 aliphatic carbocycles. The molecule has 0 atom stereocenters. The smallest absolute Gasteiger partial charge is 0.325 e. The van der Waals surface area contributed by atoms with Crippen LogP contribution in [0.25, 0.3) is 6.08 Å². The van der Waals surface area contributed by atoms with Gasteiger partial charge in [-0.05, 0) is 24.3 Å². The number of nitrogens with two attached hydrogens (primary N) is 1. The lowest BCUT2D eigenvalue weighted by atomic mass is 10.1. The fourth-order valence-corrected chi connectivity index (χ4v) is 1.37. The van der Waals surface area contributed by atoms with Gasteiger partial charge in [-0.1, -0.05) is 11.6 Å². The van der Waals surface area contributed by atoms with Crippen LogP contribution in [0.15, 0.2) is 24.5 Å². The number of imide groups is 1. The van der Waals surface area contributed by atoms with Crippen LogP contribution in [0.1, 0.15) is 5.56 Å². The first-order valence-corrected chi connectivity index (χ1v) is 4.62. The van der Waals surface area contributed by atoms with Gasteiger partial charge in [0.25, 0.3) is 0 Å². The minimum absolute atomic E-state index is 0.247. The maximum atomic E-state index is 11.0. The molecule has 3 N–H and O–H groups in total. The zero-order valence-corrected chi connectivity index (χ0v) is 8.89. The zero-order valence-electron chi connectivity index (χ0n) is 8.13. The lowest BCUT2D eigenvalue weighted by molar-refractivity contribution is -0.106. The van der Waals surface area contributed by atoms with Gasteiger partial charge in [0.1, 0.15) is 0 Å². The third-order valence-corrected chi connectivity index (χ3v) is 2.08. The van der Waals surface area contributed by atoms with Crippen LogP contribution in [-0.4, -0.2) is 17.5 Å². The monoisotopic (exact) mass is 240 g/mol. The number of hydrogen-bond acceptors (Lipinski definition) is 3. The molecular formula is C10H9ClN2O3. The van der Waals surface area contributed by atoms with Crippen molar-refractivity contribution in [2.45, 2.75) is 0 Å². The Morgan fingerprint density at radius 2 is 2.19 bits per heavy atom. The summed E-state index contributed by atoms with van der Waals surface area (Å²) in [4.78, 5) is 22.4. The molecule has 0 saturated heterocycles. The standard InChI is InChI=1S/C10H9ClN2O3/c11-8-1-2-9(7(5-8)3-4-14)13(6-15)10(12)16/h1-6,14H,(H2,12,16)/b4-3+. The molecule has 1 rings (SSSR count). The van der Waals surface area contributed by atoms with Crippen LogP contribution in [0.3, 0.4) is 0 Å². The molecule has 0 aromatic heterocycles. The lowest BCUT2D eigenvalue weighted by Gasteiger charge is -2.15. The highest BCUT2D eigenvalue weighted by Gasteiger charge is 2.14. The van der Waals surface area contributed by atoms with E-state index in [4.69, 9.17) is 22.4 Å². The number of halogens is 1. The number of nitrogens with zero attached hydrogens (tertiary/aromatic N) is 1. The molecule has 6 heteroatoms. The molecule has 0 fully saturated rings. The van der Waals surface area contributed by atoms with Crippen molar-refractivity contribution in [2.75, 3.05) is 4.90 Å². The lowest BCUT2D eigenvalue weighted by Crippen LogP contribution is -2.34. The minimum atomic E-state index is -0.912. The summed E-state index contributed by atoms with van der Waals surface area (Å²) < 4.78 is 0. The zero-order chi connectivity index (χ0) is 12.1. The number of rotatable bonds is 3. The molecule has 0 aliphatic heterocycles. The Morgan fingerprint density at radius 3 is 2.69 bits per heavy atom. The van der Waals surface area contributed by atoms with Crippen molar-refractivity contribution in [3.63, 3.8) is 0 Å². The van der Waals surface area contributed by atoms with E-state index < -0.39 is 6.03 Å². The van der Waals surface area contributed by atoms with E-state index in [1.807, 2.05) is 0 Å². The Bertz CT molecular complexity index is 446. The predicted octanol–water partition coefficient (Wildman–Crippen LogP) is 1.91. The van der Waals surface area contributed by atoms with Crippen LogP contribution < -0.4 is 10.6 Å². The van der Waals surface area contributed by atoms with Gasteiger partial charge in [0, 0.05) is 10.6 Å². The topological polar surface area (TPSA) is 83.6 Å². The summed E-state index contributed by atoms with van der Waals surface area (Å²) in [7, 11) is 0. The van der Waals surface area contributed by atoms with Gasteiger partial charge < -0.3 is 10.8 Å². The second-order valence-corrected chi connectivity index (χ2v) is 3.27. The fraction of sp³-hybridized carbons (Fsp3) is 0. The number of primary amides is 1. The van der Waals surface area contributed by atoms with Gasteiger partial charge in [0.05, 0.1) is 11.9 Å². The highest BCUT2D eigenvalue weighted by atomic mass is 35.5. The average molecular weight is 241 g/mol. The van der Waals surface area contributed by atoms with Gasteiger partial charge in [-0.15, -0.1) is 0 Å².